The van der Waals surface area contributed by atoms with Crippen molar-refractivity contribution < 1.29 is 17.9 Å². The number of ether oxygens (including phenoxy) is 1. The van der Waals surface area contributed by atoms with Gasteiger partial charge in [0.1, 0.15) is 0 Å². The molecule has 0 heterocycles. The molecule has 0 saturated heterocycles. The smallest absolute Gasteiger partial charge is 0.165 e. The van der Waals surface area contributed by atoms with Gasteiger partial charge in [0.15, 0.2) is 23.2 Å². The number of hydrogen-bond acceptors (Lipinski definition) is 1. The summed E-state index contributed by atoms with van der Waals surface area (Å²) >= 11 is 6.17. The van der Waals surface area contributed by atoms with Crippen LogP contribution in [-0.2, 0) is 0 Å². The Kier molecular flexibility index (Phi) is 4.00. The van der Waals surface area contributed by atoms with E-state index in [0.717, 1.165) is 12.1 Å². The van der Waals surface area contributed by atoms with E-state index in [4.69, 9.17) is 16.3 Å². The SMILES string of the molecule is COc1cc(C(Cl)c2ccc(F)c(F)c2)ccc1F. The maximum Gasteiger partial charge on any atom is 0.165 e. The van der Waals surface area contributed by atoms with Gasteiger partial charge in [-0.2, -0.15) is 0 Å². The highest BCUT2D eigenvalue weighted by atomic mass is 35.5. The number of halogens is 4. The summed E-state index contributed by atoms with van der Waals surface area (Å²) in [4.78, 5) is 0. The van der Waals surface area contributed by atoms with E-state index in [0.29, 0.717) is 11.1 Å². The lowest BCUT2D eigenvalue weighted by Gasteiger charge is -2.12. The number of rotatable bonds is 3. The molecule has 0 radical (unpaired) electrons. The van der Waals surface area contributed by atoms with E-state index >= 15 is 0 Å². The van der Waals surface area contributed by atoms with E-state index in [1.54, 1.807) is 0 Å². The minimum atomic E-state index is -0.975. The third kappa shape index (κ3) is 2.84. The van der Waals surface area contributed by atoms with Crippen molar-refractivity contribution in [1.29, 1.82) is 0 Å². The number of hydrogen-bond donors (Lipinski definition) is 0. The second-order valence-electron chi connectivity index (χ2n) is 3.93. The van der Waals surface area contributed by atoms with Crippen LogP contribution >= 0.6 is 11.6 Å². The zero-order valence-corrected chi connectivity index (χ0v) is 10.7. The Morgan fingerprint density at radius 3 is 2.05 bits per heavy atom. The van der Waals surface area contributed by atoms with Crippen LogP contribution in [-0.4, -0.2) is 7.11 Å². The molecule has 100 valence electrons. The van der Waals surface area contributed by atoms with Gasteiger partial charge >= 0.3 is 0 Å². The van der Waals surface area contributed by atoms with Crippen molar-refractivity contribution >= 4 is 11.6 Å². The Hall–Kier alpha value is -1.68. The lowest BCUT2D eigenvalue weighted by atomic mass is 10.0. The predicted molar refractivity (Wildman–Crippen MR) is 67.0 cm³/mol. The summed E-state index contributed by atoms with van der Waals surface area (Å²) in [5.41, 5.74) is 0.917. The molecule has 0 bridgehead atoms. The van der Waals surface area contributed by atoms with Crippen molar-refractivity contribution in [3.8, 4) is 5.75 Å². The molecule has 0 aliphatic rings. The molecule has 0 N–H and O–H groups in total. The molecular weight excluding hydrogens is 277 g/mol. The summed E-state index contributed by atoms with van der Waals surface area (Å²) in [5, 5.41) is -0.718. The Morgan fingerprint density at radius 1 is 0.895 bits per heavy atom. The molecule has 2 rings (SSSR count). The molecule has 0 fully saturated rings. The van der Waals surface area contributed by atoms with Gasteiger partial charge in [0.2, 0.25) is 0 Å². The first kappa shape index (κ1) is 13.7. The summed E-state index contributed by atoms with van der Waals surface area (Å²) in [6, 6.07) is 7.50. The fraction of sp³-hybridized carbons (Fsp3) is 0.143. The number of benzene rings is 2. The Bertz CT molecular complexity index is 601. The Labute approximate surface area is 113 Å². The maximum atomic E-state index is 13.3. The number of alkyl halides is 1. The summed E-state index contributed by atoms with van der Waals surface area (Å²) < 4.78 is 44.1. The van der Waals surface area contributed by atoms with Crippen LogP contribution in [0, 0.1) is 17.5 Å². The van der Waals surface area contributed by atoms with Crippen LogP contribution in [0.25, 0.3) is 0 Å². The second kappa shape index (κ2) is 5.53. The molecule has 1 atom stereocenters. The van der Waals surface area contributed by atoms with Crippen LogP contribution in [0.1, 0.15) is 16.5 Å². The zero-order valence-electron chi connectivity index (χ0n) is 9.96. The molecule has 2 aromatic carbocycles. The largest absolute Gasteiger partial charge is 0.494 e. The van der Waals surface area contributed by atoms with Crippen LogP contribution in [0.5, 0.6) is 5.75 Å². The minimum absolute atomic E-state index is 0.0470. The molecule has 0 aliphatic heterocycles. The Morgan fingerprint density at radius 2 is 1.47 bits per heavy atom. The first-order chi connectivity index (χ1) is 9.02. The van der Waals surface area contributed by atoms with Crippen LogP contribution in [0.2, 0.25) is 0 Å². The fourth-order valence-corrected chi connectivity index (χ4v) is 1.97. The highest BCUT2D eigenvalue weighted by Crippen LogP contribution is 2.32. The van der Waals surface area contributed by atoms with Gasteiger partial charge in [0, 0.05) is 0 Å². The van der Waals surface area contributed by atoms with Gasteiger partial charge in [-0.25, -0.2) is 13.2 Å². The normalized spacial score (nSPS) is 12.3. The van der Waals surface area contributed by atoms with Crippen LogP contribution in [0.15, 0.2) is 36.4 Å². The van der Waals surface area contributed by atoms with Crippen LogP contribution in [0.4, 0.5) is 13.2 Å². The third-order valence-corrected chi connectivity index (χ3v) is 3.21. The van der Waals surface area contributed by atoms with E-state index in [2.05, 4.69) is 0 Å². The first-order valence-corrected chi connectivity index (χ1v) is 5.89. The standard InChI is InChI=1S/C14H10ClF3O/c1-19-13-7-9(3-5-11(13)17)14(15)8-2-4-10(16)12(18)6-8/h2-7,14H,1H3. The second-order valence-corrected chi connectivity index (χ2v) is 4.37. The lowest BCUT2D eigenvalue weighted by molar-refractivity contribution is 0.386. The fourth-order valence-electron chi connectivity index (χ4n) is 1.70. The van der Waals surface area contributed by atoms with Crippen molar-refractivity contribution in [3.63, 3.8) is 0 Å². The molecule has 1 unspecified atom stereocenters. The molecule has 5 heteroatoms. The van der Waals surface area contributed by atoms with Gasteiger partial charge in [-0.05, 0) is 35.4 Å². The molecule has 0 spiro atoms. The molecular formula is C14H10ClF3O. The lowest BCUT2D eigenvalue weighted by Crippen LogP contribution is -1.97. The molecule has 19 heavy (non-hydrogen) atoms. The minimum Gasteiger partial charge on any atom is -0.494 e. The van der Waals surface area contributed by atoms with Crippen molar-refractivity contribution in [1.82, 2.24) is 0 Å². The van der Waals surface area contributed by atoms with Gasteiger partial charge in [-0.1, -0.05) is 12.1 Å². The maximum absolute atomic E-state index is 13.3. The van der Waals surface area contributed by atoms with Crippen molar-refractivity contribution in [2.75, 3.05) is 7.11 Å². The average Bonchev–Trinajstić information content (AvgIpc) is 2.41. The highest BCUT2D eigenvalue weighted by Gasteiger charge is 2.15. The molecule has 0 saturated carbocycles. The van der Waals surface area contributed by atoms with Gasteiger partial charge in [-0.3, -0.25) is 0 Å². The topological polar surface area (TPSA) is 9.23 Å². The van der Waals surface area contributed by atoms with Crippen LogP contribution < -0.4 is 4.74 Å². The van der Waals surface area contributed by atoms with Crippen molar-refractivity contribution in [3.05, 3.63) is 65.0 Å². The van der Waals surface area contributed by atoms with Gasteiger partial charge in [0.05, 0.1) is 12.5 Å². The zero-order chi connectivity index (χ0) is 14.0. The van der Waals surface area contributed by atoms with Crippen molar-refractivity contribution in [2.24, 2.45) is 0 Å². The van der Waals surface area contributed by atoms with Gasteiger partial charge in [0.25, 0.3) is 0 Å². The quantitative estimate of drug-likeness (QED) is 0.758. The average molecular weight is 287 g/mol. The number of methoxy groups -OCH3 is 1. The molecule has 0 aliphatic carbocycles. The highest BCUT2D eigenvalue weighted by molar-refractivity contribution is 6.22. The van der Waals surface area contributed by atoms with E-state index in [-0.39, 0.29) is 5.75 Å². The summed E-state index contributed by atoms with van der Waals surface area (Å²) in [6.45, 7) is 0. The van der Waals surface area contributed by atoms with Crippen molar-refractivity contribution in [2.45, 2.75) is 5.38 Å². The van der Waals surface area contributed by atoms with E-state index < -0.39 is 22.8 Å². The molecule has 1 nitrogen and oxygen atoms in total. The molecule has 2 aromatic rings. The summed E-state index contributed by atoms with van der Waals surface area (Å²) in [6.07, 6.45) is 0. The van der Waals surface area contributed by atoms with Crippen LogP contribution in [0.3, 0.4) is 0 Å². The molecule has 0 aromatic heterocycles. The predicted octanol–water partition coefficient (Wildman–Crippen LogP) is 4.44. The van der Waals surface area contributed by atoms with E-state index in [1.165, 1.54) is 31.4 Å². The summed E-state index contributed by atoms with van der Waals surface area (Å²) in [5.74, 6) is -2.38. The first-order valence-electron chi connectivity index (χ1n) is 5.45. The van der Waals surface area contributed by atoms with E-state index in [9.17, 15) is 13.2 Å². The van der Waals surface area contributed by atoms with Gasteiger partial charge < -0.3 is 4.74 Å². The van der Waals surface area contributed by atoms with E-state index in [1.807, 2.05) is 0 Å². The van der Waals surface area contributed by atoms with Gasteiger partial charge in [-0.15, -0.1) is 11.6 Å². The molecule has 0 amide bonds. The monoisotopic (exact) mass is 286 g/mol. The Balaban J connectivity index is 2.37. The summed E-state index contributed by atoms with van der Waals surface area (Å²) in [7, 11) is 1.34. The third-order valence-electron chi connectivity index (χ3n) is 2.70.